The third-order valence-corrected chi connectivity index (χ3v) is 4.34. The number of likely N-dealkylation sites (tertiary alicyclic amines) is 1. The second-order valence-electron chi connectivity index (χ2n) is 5.78. The summed E-state index contributed by atoms with van der Waals surface area (Å²) in [5.41, 5.74) is 1.04. The Hall–Kier alpha value is -1.95. The van der Waals surface area contributed by atoms with Gasteiger partial charge in [0, 0.05) is 12.1 Å². The largest absolute Gasteiger partial charge is 0.324 e. The molecule has 120 valence electrons. The molecule has 1 atom stereocenters. The molecule has 1 aliphatic rings. The number of carbonyl (C=O) groups excluding carboxylic acids is 1. The third-order valence-electron chi connectivity index (χ3n) is 4.34. The summed E-state index contributed by atoms with van der Waals surface area (Å²) < 4.78 is 0. The lowest BCUT2D eigenvalue weighted by Crippen LogP contribution is -2.43. The smallest absolute Gasteiger partial charge is 0.274 e. The molecule has 0 saturated carbocycles. The summed E-state index contributed by atoms with van der Waals surface area (Å²) in [4.78, 5) is 25.0. The monoisotopic (exact) mass is 305 g/mol. The number of anilines is 1. The van der Waals surface area contributed by atoms with Crippen molar-refractivity contribution in [2.45, 2.75) is 45.6 Å². The van der Waals surface area contributed by atoms with Gasteiger partial charge in [0.05, 0.1) is 22.7 Å². The van der Waals surface area contributed by atoms with E-state index in [1.807, 2.05) is 0 Å². The number of rotatable bonds is 5. The number of carbonyl (C=O) groups is 1. The van der Waals surface area contributed by atoms with Crippen molar-refractivity contribution in [3.05, 3.63) is 33.9 Å². The molecule has 1 aliphatic heterocycles. The first-order valence-corrected chi connectivity index (χ1v) is 7.80. The Balaban J connectivity index is 2.03. The predicted molar refractivity (Wildman–Crippen MR) is 86.0 cm³/mol. The average molecular weight is 305 g/mol. The fraction of sp³-hybridized carbons (Fsp3) is 0.562. The Morgan fingerprint density at radius 2 is 2.23 bits per heavy atom. The van der Waals surface area contributed by atoms with Gasteiger partial charge in [0.15, 0.2) is 0 Å². The maximum atomic E-state index is 12.3. The van der Waals surface area contributed by atoms with Crippen molar-refractivity contribution < 1.29 is 9.72 Å². The molecule has 6 nitrogen and oxygen atoms in total. The molecule has 1 fully saturated rings. The minimum Gasteiger partial charge on any atom is -0.324 e. The Labute approximate surface area is 130 Å². The molecule has 1 heterocycles. The van der Waals surface area contributed by atoms with Gasteiger partial charge in [0.1, 0.15) is 0 Å². The molecule has 6 heteroatoms. The van der Waals surface area contributed by atoms with Crippen LogP contribution in [0.1, 0.15) is 38.2 Å². The summed E-state index contributed by atoms with van der Waals surface area (Å²) in [6.07, 6.45) is 4.53. The van der Waals surface area contributed by atoms with Crippen molar-refractivity contribution in [1.29, 1.82) is 0 Å². The van der Waals surface area contributed by atoms with Crippen LogP contribution in [0.5, 0.6) is 0 Å². The van der Waals surface area contributed by atoms with E-state index in [9.17, 15) is 14.9 Å². The van der Waals surface area contributed by atoms with Gasteiger partial charge < -0.3 is 5.32 Å². The van der Waals surface area contributed by atoms with E-state index in [4.69, 9.17) is 0 Å². The minimum atomic E-state index is -0.428. The second-order valence-corrected chi connectivity index (χ2v) is 5.78. The van der Waals surface area contributed by atoms with E-state index in [1.165, 1.54) is 12.5 Å². The predicted octanol–water partition coefficient (Wildman–Crippen LogP) is 3.11. The zero-order valence-corrected chi connectivity index (χ0v) is 13.2. The topological polar surface area (TPSA) is 75.5 Å². The quantitative estimate of drug-likeness (QED) is 0.670. The minimum absolute atomic E-state index is 0.0298. The summed E-state index contributed by atoms with van der Waals surface area (Å²) >= 11 is 0. The molecule has 0 bridgehead atoms. The van der Waals surface area contributed by atoms with Crippen LogP contribution in [0.4, 0.5) is 11.4 Å². The number of nitro groups is 1. The Bertz CT molecular complexity index is 560. The van der Waals surface area contributed by atoms with Crippen LogP contribution in [-0.2, 0) is 4.79 Å². The number of nitrogens with zero attached hydrogens (tertiary/aromatic N) is 2. The van der Waals surface area contributed by atoms with Crippen LogP contribution in [0.2, 0.25) is 0 Å². The Morgan fingerprint density at radius 1 is 1.45 bits per heavy atom. The van der Waals surface area contributed by atoms with Crippen molar-refractivity contribution >= 4 is 17.3 Å². The Morgan fingerprint density at radius 3 is 2.91 bits per heavy atom. The van der Waals surface area contributed by atoms with Crippen molar-refractivity contribution in [2.75, 3.05) is 18.4 Å². The van der Waals surface area contributed by atoms with Gasteiger partial charge in [-0.15, -0.1) is 0 Å². The van der Waals surface area contributed by atoms with Crippen LogP contribution in [0.25, 0.3) is 0 Å². The van der Waals surface area contributed by atoms with Crippen LogP contribution >= 0.6 is 0 Å². The first-order valence-electron chi connectivity index (χ1n) is 7.80. The van der Waals surface area contributed by atoms with E-state index < -0.39 is 4.92 Å². The standard InChI is InChI=1S/C16H23N3O3/c1-3-13-7-4-5-10-18(13)11-16(20)17-14-8-6-9-15(12(14)2)19(21)22/h6,8-9,13H,3-5,7,10-11H2,1-2H3,(H,17,20). The van der Waals surface area contributed by atoms with Crippen molar-refractivity contribution in [3.63, 3.8) is 0 Å². The van der Waals surface area contributed by atoms with E-state index in [-0.39, 0.29) is 11.6 Å². The first kappa shape index (κ1) is 16.4. The molecule has 1 saturated heterocycles. The van der Waals surface area contributed by atoms with Gasteiger partial charge in [-0.3, -0.25) is 19.8 Å². The van der Waals surface area contributed by atoms with E-state index in [0.29, 0.717) is 23.8 Å². The molecule has 0 aromatic heterocycles. The van der Waals surface area contributed by atoms with Crippen LogP contribution in [0.15, 0.2) is 18.2 Å². The SMILES string of the molecule is CCC1CCCCN1CC(=O)Nc1cccc([N+](=O)[O-])c1C. The zero-order valence-electron chi connectivity index (χ0n) is 13.2. The molecule has 22 heavy (non-hydrogen) atoms. The van der Waals surface area contributed by atoms with Gasteiger partial charge in [-0.25, -0.2) is 0 Å². The zero-order chi connectivity index (χ0) is 16.1. The van der Waals surface area contributed by atoms with Crippen LogP contribution in [-0.4, -0.2) is 34.9 Å². The van der Waals surface area contributed by atoms with E-state index in [0.717, 1.165) is 25.8 Å². The molecule has 1 N–H and O–H groups in total. The normalized spacial score (nSPS) is 18.9. The molecule has 0 aliphatic carbocycles. The van der Waals surface area contributed by atoms with E-state index in [1.54, 1.807) is 19.1 Å². The van der Waals surface area contributed by atoms with Crippen molar-refractivity contribution in [1.82, 2.24) is 4.90 Å². The summed E-state index contributed by atoms with van der Waals surface area (Å²) in [6, 6.07) is 5.21. The number of hydrogen-bond donors (Lipinski definition) is 1. The molecule has 0 spiro atoms. The third kappa shape index (κ3) is 3.82. The number of amides is 1. The van der Waals surface area contributed by atoms with E-state index >= 15 is 0 Å². The lowest BCUT2D eigenvalue weighted by Gasteiger charge is -2.34. The maximum absolute atomic E-state index is 12.3. The van der Waals surface area contributed by atoms with Crippen LogP contribution in [0, 0.1) is 17.0 Å². The molecular formula is C16H23N3O3. The lowest BCUT2D eigenvalue weighted by atomic mass is 10.00. The fourth-order valence-corrected chi connectivity index (χ4v) is 3.06. The highest BCUT2D eigenvalue weighted by Gasteiger charge is 2.23. The van der Waals surface area contributed by atoms with Crippen molar-refractivity contribution in [2.24, 2.45) is 0 Å². The summed E-state index contributed by atoms with van der Waals surface area (Å²) in [6.45, 7) is 5.09. The summed E-state index contributed by atoms with van der Waals surface area (Å²) in [5, 5.41) is 13.8. The fourth-order valence-electron chi connectivity index (χ4n) is 3.06. The second kappa shape index (κ2) is 7.35. The van der Waals surface area contributed by atoms with Gasteiger partial charge >= 0.3 is 0 Å². The molecule has 2 rings (SSSR count). The summed E-state index contributed by atoms with van der Waals surface area (Å²) in [5.74, 6) is -0.107. The number of piperidine rings is 1. The number of hydrogen-bond acceptors (Lipinski definition) is 4. The van der Waals surface area contributed by atoms with Crippen molar-refractivity contribution in [3.8, 4) is 0 Å². The number of nitro benzene ring substituents is 1. The van der Waals surface area contributed by atoms with Gasteiger partial charge in [0.2, 0.25) is 5.91 Å². The van der Waals surface area contributed by atoms with E-state index in [2.05, 4.69) is 17.1 Å². The highest BCUT2D eigenvalue weighted by molar-refractivity contribution is 5.93. The number of nitrogens with one attached hydrogen (secondary N) is 1. The van der Waals surface area contributed by atoms with Gasteiger partial charge in [0.25, 0.3) is 5.69 Å². The first-order chi connectivity index (χ1) is 10.5. The van der Waals surface area contributed by atoms with Gasteiger partial charge in [-0.05, 0) is 38.8 Å². The van der Waals surface area contributed by atoms with Crippen LogP contribution < -0.4 is 5.32 Å². The Kier molecular flexibility index (Phi) is 5.49. The van der Waals surface area contributed by atoms with Crippen LogP contribution in [0.3, 0.4) is 0 Å². The lowest BCUT2D eigenvalue weighted by molar-refractivity contribution is -0.385. The molecular weight excluding hydrogens is 282 g/mol. The molecule has 1 amide bonds. The van der Waals surface area contributed by atoms with Gasteiger partial charge in [-0.2, -0.15) is 0 Å². The molecule has 0 radical (unpaired) electrons. The highest BCUT2D eigenvalue weighted by atomic mass is 16.6. The molecule has 1 aromatic rings. The van der Waals surface area contributed by atoms with Gasteiger partial charge in [-0.1, -0.05) is 19.4 Å². The number of benzene rings is 1. The highest BCUT2D eigenvalue weighted by Crippen LogP contribution is 2.25. The summed E-state index contributed by atoms with van der Waals surface area (Å²) in [7, 11) is 0. The maximum Gasteiger partial charge on any atom is 0.274 e. The molecule has 1 aromatic carbocycles. The average Bonchev–Trinajstić information content (AvgIpc) is 2.49. The molecule has 1 unspecified atom stereocenters.